The normalized spacial score (nSPS) is 11.8. The minimum absolute atomic E-state index is 0.442. The minimum Gasteiger partial charge on any atom is -0.492 e. The number of nitrogens with one attached hydrogen (secondary N) is 2. The Morgan fingerprint density at radius 3 is 2.68 bits per heavy atom. The molecule has 0 aliphatic heterocycles. The van der Waals surface area contributed by atoms with Gasteiger partial charge in [0, 0.05) is 12.7 Å². The first-order valence-electron chi connectivity index (χ1n) is 9.71. The highest BCUT2D eigenvalue weighted by Gasteiger charge is 2.05. The summed E-state index contributed by atoms with van der Waals surface area (Å²) in [7, 11) is 0. The van der Waals surface area contributed by atoms with Crippen LogP contribution in [0.5, 0.6) is 5.75 Å². The summed E-state index contributed by atoms with van der Waals surface area (Å²) in [6.45, 7) is 8.84. The Bertz CT molecular complexity index is 901. The van der Waals surface area contributed by atoms with E-state index in [1.54, 1.807) is 0 Å². The molecule has 2 heterocycles. The lowest BCUT2D eigenvalue weighted by Gasteiger charge is -2.12. The zero-order chi connectivity index (χ0) is 19.8. The maximum absolute atomic E-state index is 5.81. The Morgan fingerprint density at radius 1 is 1.11 bits per heavy atom. The van der Waals surface area contributed by atoms with Gasteiger partial charge < -0.3 is 15.4 Å². The van der Waals surface area contributed by atoms with Crippen LogP contribution in [-0.2, 0) is 6.54 Å². The van der Waals surface area contributed by atoms with E-state index in [1.165, 1.54) is 5.56 Å². The zero-order valence-corrected chi connectivity index (χ0v) is 16.7. The van der Waals surface area contributed by atoms with Crippen molar-refractivity contribution >= 4 is 11.6 Å². The maximum atomic E-state index is 5.81. The molecule has 0 amide bonds. The van der Waals surface area contributed by atoms with E-state index in [0.29, 0.717) is 25.6 Å². The van der Waals surface area contributed by atoms with Gasteiger partial charge in [-0.25, -0.2) is 4.99 Å². The summed E-state index contributed by atoms with van der Waals surface area (Å²) in [6, 6.07) is 14.1. The fourth-order valence-corrected chi connectivity index (χ4v) is 2.78. The predicted molar refractivity (Wildman–Crippen MR) is 112 cm³/mol. The van der Waals surface area contributed by atoms with Crippen LogP contribution >= 0.6 is 0 Å². The second kappa shape index (κ2) is 9.73. The Morgan fingerprint density at radius 2 is 1.93 bits per heavy atom. The van der Waals surface area contributed by atoms with Crippen molar-refractivity contribution in [1.29, 1.82) is 0 Å². The predicted octanol–water partition coefficient (Wildman–Crippen LogP) is 2.99. The smallest absolute Gasteiger partial charge is 0.191 e. The summed E-state index contributed by atoms with van der Waals surface area (Å²) in [5.41, 5.74) is 2.13. The lowest BCUT2D eigenvalue weighted by atomic mass is 10.0. The monoisotopic (exact) mass is 380 g/mol. The lowest BCUT2D eigenvalue weighted by Crippen LogP contribution is -2.39. The molecule has 0 saturated heterocycles. The molecule has 148 valence electrons. The summed E-state index contributed by atoms with van der Waals surface area (Å²) in [4.78, 5) is 4.60. The molecule has 2 N–H and O–H groups in total. The summed E-state index contributed by atoms with van der Waals surface area (Å²) < 4.78 is 7.75. The lowest BCUT2D eigenvalue weighted by molar-refractivity contribution is 0.322. The van der Waals surface area contributed by atoms with Gasteiger partial charge in [0.2, 0.25) is 0 Å². The number of fused-ring (bicyclic) bond motifs is 1. The van der Waals surface area contributed by atoms with Crippen LogP contribution in [-0.4, -0.2) is 40.3 Å². The van der Waals surface area contributed by atoms with Gasteiger partial charge in [0.1, 0.15) is 18.9 Å². The quantitative estimate of drug-likeness (QED) is 0.357. The third kappa shape index (κ3) is 5.22. The van der Waals surface area contributed by atoms with E-state index < -0.39 is 0 Å². The number of hydrogen-bond donors (Lipinski definition) is 2. The average Bonchev–Trinajstić information content (AvgIpc) is 3.13. The number of guanidine groups is 1. The third-order valence-corrected chi connectivity index (χ3v) is 4.32. The number of benzene rings is 1. The van der Waals surface area contributed by atoms with E-state index in [9.17, 15) is 0 Å². The van der Waals surface area contributed by atoms with Crippen molar-refractivity contribution in [3.63, 3.8) is 0 Å². The van der Waals surface area contributed by atoms with Crippen LogP contribution in [0.3, 0.4) is 0 Å². The molecular weight excluding hydrogens is 352 g/mol. The van der Waals surface area contributed by atoms with Crippen LogP contribution in [0.2, 0.25) is 0 Å². The van der Waals surface area contributed by atoms with E-state index in [0.717, 1.165) is 29.7 Å². The van der Waals surface area contributed by atoms with Gasteiger partial charge in [-0.05, 0) is 42.7 Å². The Hall–Kier alpha value is -3.09. The third-order valence-electron chi connectivity index (χ3n) is 4.32. The van der Waals surface area contributed by atoms with E-state index in [4.69, 9.17) is 4.74 Å². The van der Waals surface area contributed by atoms with Crippen LogP contribution < -0.4 is 15.4 Å². The van der Waals surface area contributed by atoms with Crippen molar-refractivity contribution in [1.82, 2.24) is 25.2 Å². The topological polar surface area (TPSA) is 75.8 Å². The summed E-state index contributed by atoms with van der Waals surface area (Å²) >= 11 is 0. The van der Waals surface area contributed by atoms with Crippen LogP contribution in [0.1, 0.15) is 38.1 Å². The highest BCUT2D eigenvalue weighted by Crippen LogP contribution is 2.18. The van der Waals surface area contributed by atoms with Crippen molar-refractivity contribution in [3.05, 3.63) is 60.0 Å². The molecule has 7 nitrogen and oxygen atoms in total. The second-order valence-corrected chi connectivity index (χ2v) is 6.74. The molecule has 0 saturated carbocycles. The molecule has 1 aromatic carbocycles. The SMILES string of the molecule is CCNC(=NCc1nnc2ccccn12)NCCOc1ccc(C(C)C)cc1. The van der Waals surface area contributed by atoms with Gasteiger partial charge in [-0.15, -0.1) is 10.2 Å². The Balaban J connectivity index is 1.50. The molecule has 0 aliphatic carbocycles. The number of pyridine rings is 1. The van der Waals surface area contributed by atoms with Crippen molar-refractivity contribution in [2.75, 3.05) is 19.7 Å². The van der Waals surface area contributed by atoms with E-state index in [2.05, 4.69) is 51.8 Å². The van der Waals surface area contributed by atoms with Crippen LogP contribution in [0.25, 0.3) is 5.65 Å². The maximum Gasteiger partial charge on any atom is 0.191 e. The molecule has 28 heavy (non-hydrogen) atoms. The number of aliphatic imine (C=N–C) groups is 1. The van der Waals surface area contributed by atoms with Gasteiger partial charge in [-0.3, -0.25) is 4.40 Å². The number of aromatic nitrogens is 3. The van der Waals surface area contributed by atoms with Crippen molar-refractivity contribution in [3.8, 4) is 5.75 Å². The summed E-state index contributed by atoms with van der Waals surface area (Å²) in [5, 5.41) is 14.9. The van der Waals surface area contributed by atoms with Crippen molar-refractivity contribution < 1.29 is 4.74 Å². The van der Waals surface area contributed by atoms with Crippen LogP contribution in [0.15, 0.2) is 53.7 Å². The number of hydrogen-bond acceptors (Lipinski definition) is 4. The summed E-state index contributed by atoms with van der Waals surface area (Å²) in [6.07, 6.45) is 1.94. The van der Waals surface area contributed by atoms with E-state index in [1.807, 2.05) is 47.9 Å². The molecule has 3 aromatic rings. The first-order chi connectivity index (χ1) is 13.7. The van der Waals surface area contributed by atoms with Crippen LogP contribution in [0, 0.1) is 0 Å². The zero-order valence-electron chi connectivity index (χ0n) is 16.7. The average molecular weight is 380 g/mol. The van der Waals surface area contributed by atoms with Gasteiger partial charge >= 0.3 is 0 Å². The molecule has 2 aromatic heterocycles. The molecule has 0 bridgehead atoms. The van der Waals surface area contributed by atoms with Crippen molar-refractivity contribution in [2.45, 2.75) is 33.2 Å². The second-order valence-electron chi connectivity index (χ2n) is 6.74. The van der Waals surface area contributed by atoms with Gasteiger partial charge in [-0.2, -0.15) is 0 Å². The number of nitrogens with zero attached hydrogens (tertiary/aromatic N) is 4. The molecule has 0 fully saturated rings. The molecule has 0 atom stereocenters. The van der Waals surface area contributed by atoms with Gasteiger partial charge in [0.25, 0.3) is 0 Å². The molecule has 0 aliphatic rings. The largest absolute Gasteiger partial charge is 0.492 e. The van der Waals surface area contributed by atoms with E-state index in [-0.39, 0.29) is 0 Å². The first-order valence-corrected chi connectivity index (χ1v) is 9.71. The molecule has 3 rings (SSSR count). The molecule has 0 radical (unpaired) electrons. The Labute approximate surface area is 165 Å². The number of ether oxygens (including phenoxy) is 1. The standard InChI is InChI=1S/C21H28N6O/c1-4-22-21(24-15-20-26-25-19-7-5-6-13-27(19)20)23-12-14-28-18-10-8-17(9-11-18)16(2)3/h5-11,13,16H,4,12,14-15H2,1-3H3,(H2,22,23,24). The van der Waals surface area contributed by atoms with Crippen molar-refractivity contribution in [2.24, 2.45) is 4.99 Å². The Kier molecular flexibility index (Phi) is 6.84. The highest BCUT2D eigenvalue weighted by molar-refractivity contribution is 5.79. The molecule has 0 unspecified atom stereocenters. The van der Waals surface area contributed by atoms with Gasteiger partial charge in [-0.1, -0.05) is 32.0 Å². The fourth-order valence-electron chi connectivity index (χ4n) is 2.78. The summed E-state index contributed by atoms with van der Waals surface area (Å²) in [5.74, 6) is 2.93. The molecule has 7 heteroatoms. The first kappa shape index (κ1) is 19.7. The number of rotatable bonds is 8. The van der Waals surface area contributed by atoms with Gasteiger partial charge in [0.05, 0.1) is 6.54 Å². The highest BCUT2D eigenvalue weighted by atomic mass is 16.5. The molecular formula is C21H28N6O. The minimum atomic E-state index is 0.442. The fraction of sp³-hybridized carbons (Fsp3) is 0.381. The van der Waals surface area contributed by atoms with Crippen LogP contribution in [0.4, 0.5) is 0 Å². The van der Waals surface area contributed by atoms with Gasteiger partial charge in [0.15, 0.2) is 17.4 Å². The van der Waals surface area contributed by atoms with E-state index >= 15 is 0 Å². The molecule has 0 spiro atoms.